The van der Waals surface area contributed by atoms with Gasteiger partial charge in [0, 0.05) is 6.54 Å². The van der Waals surface area contributed by atoms with Crippen molar-refractivity contribution in [3.05, 3.63) is 0 Å². The Balaban J connectivity index is 4.06. The van der Waals surface area contributed by atoms with Gasteiger partial charge in [0.2, 0.25) is 11.8 Å². The highest BCUT2D eigenvalue weighted by Gasteiger charge is 2.22. The zero-order valence-corrected chi connectivity index (χ0v) is 16.6. The number of rotatable bonds is 10. The molecule has 10 heteroatoms. The molecule has 0 saturated heterocycles. The summed E-state index contributed by atoms with van der Waals surface area (Å²) in [6, 6.07) is -2.76. The molecule has 156 valence electrons. The van der Waals surface area contributed by atoms with Gasteiger partial charge in [-0.25, -0.2) is 4.79 Å². The second-order valence-electron chi connectivity index (χ2n) is 7.33. The molecule has 0 aromatic heterocycles. The van der Waals surface area contributed by atoms with Crippen molar-refractivity contribution in [1.29, 1.82) is 0 Å². The molecule has 0 saturated carbocycles. The fraction of sp³-hybridized carbons (Fsp3) is 0.765. The topological polar surface area (TPSA) is 160 Å². The van der Waals surface area contributed by atoms with Crippen LogP contribution in [0.5, 0.6) is 0 Å². The summed E-state index contributed by atoms with van der Waals surface area (Å²) in [6.45, 7) is 8.48. The SMILES string of the molecule is C[C@H](NC(=O)[C@H](C)NC(=O)[C@@H](N)CCCCNC(=O)OC(C)(C)C)C(=O)O. The third kappa shape index (κ3) is 11.8. The number of carboxylic acid groups (broad SMARTS) is 1. The smallest absolute Gasteiger partial charge is 0.407 e. The summed E-state index contributed by atoms with van der Waals surface area (Å²) < 4.78 is 5.10. The van der Waals surface area contributed by atoms with E-state index in [-0.39, 0.29) is 0 Å². The maximum atomic E-state index is 12.0. The van der Waals surface area contributed by atoms with E-state index in [1.165, 1.54) is 13.8 Å². The first-order valence-corrected chi connectivity index (χ1v) is 8.89. The van der Waals surface area contributed by atoms with Crippen LogP contribution < -0.4 is 21.7 Å². The summed E-state index contributed by atoms with van der Waals surface area (Å²) in [4.78, 5) is 46.0. The van der Waals surface area contributed by atoms with E-state index >= 15 is 0 Å². The number of amides is 3. The normalized spacial score (nSPS) is 14.4. The van der Waals surface area contributed by atoms with Crippen molar-refractivity contribution < 1.29 is 29.0 Å². The Hall–Kier alpha value is -2.36. The number of hydrogen-bond donors (Lipinski definition) is 5. The van der Waals surface area contributed by atoms with Crippen molar-refractivity contribution in [2.24, 2.45) is 5.73 Å². The van der Waals surface area contributed by atoms with Gasteiger partial charge in [-0.05, 0) is 53.9 Å². The molecule has 27 heavy (non-hydrogen) atoms. The highest BCUT2D eigenvalue weighted by Crippen LogP contribution is 2.06. The van der Waals surface area contributed by atoms with Crippen molar-refractivity contribution in [3.63, 3.8) is 0 Å². The highest BCUT2D eigenvalue weighted by atomic mass is 16.6. The van der Waals surface area contributed by atoms with Gasteiger partial charge in [-0.2, -0.15) is 0 Å². The van der Waals surface area contributed by atoms with E-state index in [4.69, 9.17) is 15.6 Å². The Labute approximate surface area is 159 Å². The number of carbonyl (C=O) groups excluding carboxylic acids is 3. The van der Waals surface area contributed by atoms with E-state index in [1.807, 2.05) is 0 Å². The van der Waals surface area contributed by atoms with Crippen molar-refractivity contribution in [1.82, 2.24) is 16.0 Å². The predicted octanol–water partition coefficient (Wildman–Crippen LogP) is 0.103. The van der Waals surface area contributed by atoms with Crippen LogP contribution in [0, 0.1) is 0 Å². The number of aliphatic carboxylic acids is 1. The predicted molar refractivity (Wildman–Crippen MR) is 98.9 cm³/mol. The lowest BCUT2D eigenvalue weighted by Crippen LogP contribution is -2.52. The van der Waals surface area contributed by atoms with Crippen LogP contribution in [0.4, 0.5) is 4.79 Å². The molecule has 0 heterocycles. The van der Waals surface area contributed by atoms with Crippen LogP contribution in [0.1, 0.15) is 53.9 Å². The fourth-order valence-electron chi connectivity index (χ4n) is 1.91. The van der Waals surface area contributed by atoms with Crippen LogP contribution in [0.15, 0.2) is 0 Å². The molecule has 3 amide bonds. The van der Waals surface area contributed by atoms with E-state index in [0.717, 1.165) is 0 Å². The van der Waals surface area contributed by atoms with Gasteiger partial charge in [0.25, 0.3) is 0 Å². The number of hydrogen-bond acceptors (Lipinski definition) is 6. The second-order valence-corrected chi connectivity index (χ2v) is 7.33. The lowest BCUT2D eigenvalue weighted by atomic mass is 10.1. The average Bonchev–Trinajstić information content (AvgIpc) is 2.52. The number of carbonyl (C=O) groups is 4. The molecular formula is C17H32N4O6. The fourth-order valence-corrected chi connectivity index (χ4v) is 1.91. The van der Waals surface area contributed by atoms with Crippen LogP contribution in [-0.2, 0) is 19.1 Å². The summed E-state index contributed by atoms with van der Waals surface area (Å²) in [5, 5.41) is 16.1. The van der Waals surface area contributed by atoms with Crippen molar-refractivity contribution in [3.8, 4) is 0 Å². The number of unbranched alkanes of at least 4 members (excludes halogenated alkanes) is 1. The van der Waals surface area contributed by atoms with Gasteiger partial charge in [-0.3, -0.25) is 14.4 Å². The minimum atomic E-state index is -1.17. The van der Waals surface area contributed by atoms with E-state index in [0.29, 0.717) is 25.8 Å². The summed E-state index contributed by atoms with van der Waals surface area (Å²) in [5.74, 6) is -2.27. The summed E-state index contributed by atoms with van der Waals surface area (Å²) >= 11 is 0. The van der Waals surface area contributed by atoms with Gasteiger partial charge in [0.1, 0.15) is 17.7 Å². The molecule has 0 aliphatic rings. The van der Waals surface area contributed by atoms with Crippen LogP contribution in [-0.4, -0.2) is 59.3 Å². The largest absolute Gasteiger partial charge is 0.480 e. The van der Waals surface area contributed by atoms with Gasteiger partial charge in [0.05, 0.1) is 6.04 Å². The number of carboxylic acids is 1. The lowest BCUT2D eigenvalue weighted by Gasteiger charge is -2.20. The molecule has 0 spiro atoms. The average molecular weight is 388 g/mol. The number of nitrogens with two attached hydrogens (primary N) is 1. The monoisotopic (exact) mass is 388 g/mol. The molecule has 0 aliphatic carbocycles. The Morgan fingerprint density at radius 2 is 1.56 bits per heavy atom. The summed E-state index contributed by atoms with van der Waals surface area (Å²) in [6.07, 6.45) is 1.09. The molecule has 0 unspecified atom stereocenters. The zero-order valence-electron chi connectivity index (χ0n) is 16.6. The summed E-state index contributed by atoms with van der Waals surface area (Å²) in [7, 11) is 0. The molecular weight excluding hydrogens is 356 g/mol. The van der Waals surface area contributed by atoms with Crippen LogP contribution in [0.25, 0.3) is 0 Å². The van der Waals surface area contributed by atoms with Gasteiger partial charge in [0.15, 0.2) is 0 Å². The van der Waals surface area contributed by atoms with Crippen LogP contribution >= 0.6 is 0 Å². The molecule has 6 N–H and O–H groups in total. The van der Waals surface area contributed by atoms with Gasteiger partial charge in [-0.1, -0.05) is 0 Å². The number of nitrogens with one attached hydrogen (secondary N) is 3. The molecule has 0 bridgehead atoms. The minimum absolute atomic E-state index is 0.377. The molecule has 0 radical (unpaired) electrons. The van der Waals surface area contributed by atoms with Crippen molar-refractivity contribution >= 4 is 23.9 Å². The third-order valence-electron chi connectivity index (χ3n) is 3.43. The van der Waals surface area contributed by atoms with Gasteiger partial charge in [-0.15, -0.1) is 0 Å². The highest BCUT2D eigenvalue weighted by molar-refractivity contribution is 5.91. The first kappa shape index (κ1) is 24.6. The molecule has 0 aliphatic heterocycles. The first-order chi connectivity index (χ1) is 12.3. The van der Waals surface area contributed by atoms with Crippen molar-refractivity contribution in [2.45, 2.75) is 77.6 Å². The van der Waals surface area contributed by atoms with Gasteiger partial charge >= 0.3 is 12.1 Å². The van der Waals surface area contributed by atoms with E-state index in [2.05, 4.69) is 16.0 Å². The van der Waals surface area contributed by atoms with E-state index < -0.39 is 47.6 Å². The van der Waals surface area contributed by atoms with Gasteiger partial charge < -0.3 is 31.5 Å². The number of alkyl carbamates (subject to hydrolysis) is 1. The Kier molecular flexibility index (Phi) is 10.4. The van der Waals surface area contributed by atoms with Crippen LogP contribution in [0.3, 0.4) is 0 Å². The maximum Gasteiger partial charge on any atom is 0.407 e. The molecule has 10 nitrogen and oxygen atoms in total. The zero-order chi connectivity index (χ0) is 21.2. The molecule has 0 fully saturated rings. The van der Waals surface area contributed by atoms with E-state index in [1.54, 1.807) is 20.8 Å². The molecule has 0 rings (SSSR count). The first-order valence-electron chi connectivity index (χ1n) is 8.89. The number of ether oxygens (including phenoxy) is 1. The minimum Gasteiger partial charge on any atom is -0.480 e. The Morgan fingerprint density at radius 3 is 2.07 bits per heavy atom. The Morgan fingerprint density at radius 1 is 1.00 bits per heavy atom. The Bertz CT molecular complexity index is 532. The molecule has 0 aromatic carbocycles. The van der Waals surface area contributed by atoms with Crippen LogP contribution in [0.2, 0.25) is 0 Å². The quantitative estimate of drug-likeness (QED) is 0.332. The third-order valence-corrected chi connectivity index (χ3v) is 3.43. The summed E-state index contributed by atoms with van der Waals surface area (Å²) in [5.41, 5.74) is 5.23. The second kappa shape index (κ2) is 11.4. The van der Waals surface area contributed by atoms with E-state index in [9.17, 15) is 19.2 Å². The maximum absolute atomic E-state index is 12.0. The molecule has 3 atom stereocenters. The standard InChI is InChI=1S/C17H32N4O6/c1-10(13(22)21-11(2)15(24)25)20-14(23)12(18)8-6-7-9-19-16(26)27-17(3,4)5/h10-12H,6-9,18H2,1-5H3,(H,19,26)(H,20,23)(H,21,22)(H,24,25)/t10-,11-,12-/m0/s1. The van der Waals surface area contributed by atoms with Crippen molar-refractivity contribution in [2.75, 3.05) is 6.54 Å². The molecule has 0 aromatic rings. The lowest BCUT2D eigenvalue weighted by molar-refractivity contribution is -0.141.